The van der Waals surface area contributed by atoms with E-state index in [0.717, 1.165) is 5.56 Å². The third-order valence-corrected chi connectivity index (χ3v) is 4.20. The molecule has 0 unspecified atom stereocenters. The topological polar surface area (TPSA) is 125 Å². The van der Waals surface area contributed by atoms with E-state index in [9.17, 15) is 14.4 Å². The van der Waals surface area contributed by atoms with Crippen molar-refractivity contribution < 1.29 is 14.3 Å². The van der Waals surface area contributed by atoms with Gasteiger partial charge in [-0.2, -0.15) is 0 Å². The van der Waals surface area contributed by atoms with E-state index in [1.807, 2.05) is 0 Å². The Labute approximate surface area is 155 Å². The number of ether oxygens (including phenoxy) is 1. The molecule has 0 fully saturated rings. The highest BCUT2D eigenvalue weighted by atomic mass is 16.5. The number of carbonyl (C=O) groups is 2. The number of hydrogen-bond acceptors (Lipinski definition) is 6. The van der Waals surface area contributed by atoms with E-state index in [0.29, 0.717) is 36.2 Å². The molecule has 9 nitrogen and oxygen atoms in total. The van der Waals surface area contributed by atoms with Gasteiger partial charge in [0.2, 0.25) is 17.8 Å². The molecular weight excluding hydrogens is 350 g/mol. The van der Waals surface area contributed by atoms with Crippen LogP contribution in [0.25, 0.3) is 0 Å². The number of H-pyrrole nitrogens is 1. The number of anilines is 2. The van der Waals surface area contributed by atoms with Crippen molar-refractivity contribution in [3.63, 3.8) is 0 Å². The summed E-state index contributed by atoms with van der Waals surface area (Å²) in [6, 6.07) is 6.62. The minimum atomic E-state index is -0.583. The molecule has 27 heavy (non-hydrogen) atoms. The predicted molar refractivity (Wildman–Crippen MR) is 100 cm³/mol. The highest BCUT2D eigenvalue weighted by Crippen LogP contribution is 2.34. The zero-order valence-electron chi connectivity index (χ0n) is 15.1. The number of rotatable bonds is 6. The number of aromatic nitrogens is 2. The van der Waals surface area contributed by atoms with Crippen LogP contribution in [-0.4, -0.2) is 42.0 Å². The summed E-state index contributed by atoms with van der Waals surface area (Å²) in [4.78, 5) is 42.6. The number of fused-ring (bicyclic) bond motifs is 1. The van der Waals surface area contributed by atoms with Crippen LogP contribution in [-0.2, 0) is 9.59 Å². The smallest absolute Gasteiger partial charge is 0.252 e. The number of aromatic amines is 1. The Kier molecular flexibility index (Phi) is 5.39. The van der Waals surface area contributed by atoms with Gasteiger partial charge < -0.3 is 20.7 Å². The molecule has 0 bridgehead atoms. The average Bonchev–Trinajstić information content (AvgIpc) is 2.63. The van der Waals surface area contributed by atoms with Crippen LogP contribution < -0.4 is 26.2 Å². The first kappa shape index (κ1) is 18.4. The molecule has 3 rings (SSSR count). The quantitative estimate of drug-likeness (QED) is 0.555. The van der Waals surface area contributed by atoms with E-state index in [-0.39, 0.29) is 23.8 Å². The van der Waals surface area contributed by atoms with Crippen molar-refractivity contribution in [3.05, 3.63) is 45.9 Å². The molecule has 0 saturated heterocycles. The number of methoxy groups -OCH3 is 1. The monoisotopic (exact) mass is 371 g/mol. The lowest BCUT2D eigenvalue weighted by Crippen LogP contribution is -2.37. The second-order valence-electron chi connectivity index (χ2n) is 6.21. The fourth-order valence-corrected chi connectivity index (χ4v) is 2.95. The van der Waals surface area contributed by atoms with Crippen molar-refractivity contribution >= 4 is 23.5 Å². The minimum Gasteiger partial charge on any atom is -0.497 e. The van der Waals surface area contributed by atoms with Gasteiger partial charge in [-0.25, -0.2) is 4.98 Å². The number of nitrogens with one attached hydrogen (secondary N) is 4. The first-order valence-electron chi connectivity index (χ1n) is 8.53. The minimum absolute atomic E-state index is 0.0756. The molecule has 4 N–H and O–H groups in total. The van der Waals surface area contributed by atoms with Gasteiger partial charge >= 0.3 is 0 Å². The predicted octanol–water partition coefficient (Wildman–Crippen LogP) is 0.741. The number of carbonyl (C=O) groups excluding carboxylic acids is 2. The summed E-state index contributed by atoms with van der Waals surface area (Å²) >= 11 is 0. The summed E-state index contributed by atoms with van der Waals surface area (Å²) in [6.07, 6.45) is 0.0756. The number of hydrogen-bond donors (Lipinski definition) is 4. The molecule has 0 aliphatic carbocycles. The first-order valence-corrected chi connectivity index (χ1v) is 8.53. The molecule has 2 amide bonds. The summed E-state index contributed by atoms with van der Waals surface area (Å²) in [5, 5.41) is 8.53. The fourth-order valence-electron chi connectivity index (χ4n) is 2.95. The van der Waals surface area contributed by atoms with Gasteiger partial charge in [-0.05, 0) is 30.7 Å². The molecule has 1 aromatic heterocycles. The lowest BCUT2D eigenvalue weighted by atomic mass is 9.89. The second-order valence-corrected chi connectivity index (χ2v) is 6.21. The van der Waals surface area contributed by atoms with Crippen molar-refractivity contribution in [1.29, 1.82) is 0 Å². The summed E-state index contributed by atoms with van der Waals surface area (Å²) < 4.78 is 5.21. The summed E-state index contributed by atoms with van der Waals surface area (Å²) in [6.45, 7) is 2.41. The highest BCUT2D eigenvalue weighted by Gasteiger charge is 2.30. The third kappa shape index (κ3) is 4.43. The molecule has 1 aliphatic heterocycles. The molecule has 0 saturated carbocycles. The van der Waals surface area contributed by atoms with E-state index >= 15 is 0 Å². The fraction of sp³-hybridized carbons (Fsp3) is 0.333. The van der Waals surface area contributed by atoms with Crippen LogP contribution in [0.3, 0.4) is 0 Å². The molecule has 9 heteroatoms. The molecule has 0 spiro atoms. The Hall–Kier alpha value is -3.36. The van der Waals surface area contributed by atoms with Gasteiger partial charge in [0.05, 0.1) is 13.0 Å². The van der Waals surface area contributed by atoms with Crippen LogP contribution in [0.15, 0.2) is 29.1 Å². The van der Waals surface area contributed by atoms with Crippen LogP contribution in [0.4, 0.5) is 11.6 Å². The number of nitrogens with zero attached hydrogens (tertiary/aromatic N) is 1. The van der Waals surface area contributed by atoms with Crippen LogP contribution >= 0.6 is 0 Å². The highest BCUT2D eigenvalue weighted by molar-refractivity contribution is 6.01. The van der Waals surface area contributed by atoms with Crippen LogP contribution in [0.5, 0.6) is 5.75 Å². The van der Waals surface area contributed by atoms with Crippen molar-refractivity contribution in [2.24, 2.45) is 0 Å². The first-order chi connectivity index (χ1) is 13.0. The molecular formula is C18H21N5O4. The van der Waals surface area contributed by atoms with Crippen LogP contribution in [0.1, 0.15) is 23.6 Å². The zero-order valence-corrected chi connectivity index (χ0v) is 15.1. The maximum atomic E-state index is 12.6. The largest absolute Gasteiger partial charge is 0.497 e. The number of benzene rings is 1. The van der Waals surface area contributed by atoms with Gasteiger partial charge in [0.15, 0.2) is 0 Å². The van der Waals surface area contributed by atoms with Crippen molar-refractivity contribution in [3.8, 4) is 5.75 Å². The Balaban J connectivity index is 1.61. The Morgan fingerprint density at radius 2 is 2.11 bits per heavy atom. The lowest BCUT2D eigenvalue weighted by Gasteiger charge is -2.25. The van der Waals surface area contributed by atoms with E-state index < -0.39 is 5.92 Å². The van der Waals surface area contributed by atoms with E-state index in [4.69, 9.17) is 4.74 Å². The molecule has 1 aliphatic rings. The second kappa shape index (κ2) is 7.90. The number of amides is 2. The molecule has 142 valence electrons. The van der Waals surface area contributed by atoms with Gasteiger partial charge in [0.1, 0.15) is 5.75 Å². The number of aryl methyl sites for hydroxylation is 1. The van der Waals surface area contributed by atoms with Crippen molar-refractivity contribution in [2.45, 2.75) is 19.3 Å². The summed E-state index contributed by atoms with van der Waals surface area (Å²) in [5.74, 6) is -0.0553. The standard InChI is InChI=1S/C18H21N5O4/c1-10-7-15(24)23-18(21-10)20-6-5-19-17(26)13-9-16(25)22-14-4-3-11(27-2)8-12(13)14/h3-4,7-8,13H,5-6,9H2,1-2H3,(H,19,26)(H,22,25)(H2,20,21,23,24)/t13-/m1/s1. The third-order valence-electron chi connectivity index (χ3n) is 4.20. The summed E-state index contributed by atoms with van der Waals surface area (Å²) in [7, 11) is 1.55. The van der Waals surface area contributed by atoms with Crippen LogP contribution in [0.2, 0.25) is 0 Å². The van der Waals surface area contributed by atoms with Gasteiger partial charge in [-0.3, -0.25) is 19.4 Å². The molecule has 2 aromatic rings. The Morgan fingerprint density at radius 1 is 1.30 bits per heavy atom. The SMILES string of the molecule is COc1ccc2c(c1)[C@H](C(=O)NCCNc1nc(C)cc(=O)[nH]1)CC(=O)N2. The van der Waals surface area contributed by atoms with Gasteiger partial charge in [-0.1, -0.05) is 0 Å². The van der Waals surface area contributed by atoms with E-state index in [2.05, 4.69) is 25.9 Å². The molecule has 1 aromatic carbocycles. The summed E-state index contributed by atoms with van der Waals surface area (Å²) in [5.41, 5.74) is 1.70. The molecule has 2 heterocycles. The maximum absolute atomic E-state index is 12.6. The Morgan fingerprint density at radius 3 is 2.85 bits per heavy atom. The average molecular weight is 371 g/mol. The van der Waals surface area contributed by atoms with E-state index in [1.165, 1.54) is 6.07 Å². The van der Waals surface area contributed by atoms with Gasteiger partial charge in [0.25, 0.3) is 5.56 Å². The van der Waals surface area contributed by atoms with Gasteiger partial charge in [-0.15, -0.1) is 0 Å². The van der Waals surface area contributed by atoms with Gasteiger partial charge in [0, 0.05) is 37.0 Å². The van der Waals surface area contributed by atoms with Crippen molar-refractivity contribution in [1.82, 2.24) is 15.3 Å². The molecule has 1 atom stereocenters. The van der Waals surface area contributed by atoms with E-state index in [1.54, 1.807) is 32.2 Å². The van der Waals surface area contributed by atoms with Crippen LogP contribution in [0, 0.1) is 6.92 Å². The zero-order chi connectivity index (χ0) is 19.4. The molecule has 0 radical (unpaired) electrons. The lowest BCUT2D eigenvalue weighted by molar-refractivity contribution is -0.126. The maximum Gasteiger partial charge on any atom is 0.252 e. The Bertz CT molecular complexity index is 924. The normalized spacial score (nSPS) is 15.5. The van der Waals surface area contributed by atoms with Crippen molar-refractivity contribution in [2.75, 3.05) is 30.8 Å².